The molecule has 1 aromatic rings. The third kappa shape index (κ3) is 4.02. The Kier molecular flexibility index (Phi) is 5.58. The molecule has 3 rings (SSSR count). The van der Waals surface area contributed by atoms with Crippen LogP contribution in [0.1, 0.15) is 60.2 Å². The standard InChI is InChI=1S/C20H24N2O5/c1-12-7-3-6-10-16(12)21-18(24)13(2)27-17(23)11-22-19(25)14-8-4-5-9-15(14)20(22)26/h4-5,8-9,12-13,16H,3,6-7,10-11H2,1-2H3,(H,21,24)/t12-,13+,16-/m1/s1. The fraction of sp³-hybridized carbons (Fsp3) is 0.500. The van der Waals surface area contributed by atoms with Crippen molar-refractivity contribution in [1.82, 2.24) is 10.2 Å². The number of hydrogen-bond donors (Lipinski definition) is 1. The van der Waals surface area contributed by atoms with Crippen molar-refractivity contribution in [3.63, 3.8) is 0 Å². The molecule has 0 saturated heterocycles. The van der Waals surface area contributed by atoms with E-state index in [4.69, 9.17) is 4.74 Å². The average molecular weight is 372 g/mol. The summed E-state index contributed by atoms with van der Waals surface area (Å²) in [5.41, 5.74) is 0.541. The maximum atomic E-state index is 12.3. The number of benzene rings is 1. The van der Waals surface area contributed by atoms with Gasteiger partial charge in [0, 0.05) is 6.04 Å². The molecule has 0 bridgehead atoms. The van der Waals surface area contributed by atoms with Gasteiger partial charge in [0.15, 0.2) is 6.10 Å². The largest absolute Gasteiger partial charge is 0.451 e. The van der Waals surface area contributed by atoms with Crippen molar-refractivity contribution >= 4 is 23.7 Å². The highest BCUT2D eigenvalue weighted by molar-refractivity contribution is 6.22. The molecule has 3 amide bonds. The van der Waals surface area contributed by atoms with Gasteiger partial charge in [-0.3, -0.25) is 24.1 Å². The van der Waals surface area contributed by atoms with Crippen LogP contribution < -0.4 is 5.32 Å². The highest BCUT2D eigenvalue weighted by Crippen LogP contribution is 2.24. The van der Waals surface area contributed by atoms with E-state index in [1.54, 1.807) is 24.3 Å². The molecule has 1 aliphatic carbocycles. The minimum Gasteiger partial charge on any atom is -0.451 e. The number of nitrogens with one attached hydrogen (secondary N) is 1. The van der Waals surface area contributed by atoms with Crippen molar-refractivity contribution in [1.29, 1.82) is 0 Å². The Balaban J connectivity index is 1.54. The molecule has 1 fully saturated rings. The molecular formula is C20H24N2O5. The number of fused-ring (bicyclic) bond motifs is 1. The summed E-state index contributed by atoms with van der Waals surface area (Å²) in [6.45, 7) is 3.08. The van der Waals surface area contributed by atoms with E-state index in [1.165, 1.54) is 13.3 Å². The van der Waals surface area contributed by atoms with Gasteiger partial charge in [-0.1, -0.05) is 31.9 Å². The van der Waals surface area contributed by atoms with Crippen LogP contribution in [0.2, 0.25) is 0 Å². The molecule has 1 aromatic carbocycles. The van der Waals surface area contributed by atoms with Gasteiger partial charge in [-0.2, -0.15) is 0 Å². The summed E-state index contributed by atoms with van der Waals surface area (Å²) in [7, 11) is 0. The van der Waals surface area contributed by atoms with Crippen LogP contribution in [-0.2, 0) is 14.3 Å². The van der Waals surface area contributed by atoms with Gasteiger partial charge < -0.3 is 10.1 Å². The van der Waals surface area contributed by atoms with Crippen molar-refractivity contribution in [2.75, 3.05) is 6.54 Å². The zero-order valence-electron chi connectivity index (χ0n) is 15.6. The summed E-state index contributed by atoms with van der Waals surface area (Å²) >= 11 is 0. The Bertz CT molecular complexity index is 740. The van der Waals surface area contributed by atoms with Crippen molar-refractivity contribution in [2.45, 2.75) is 51.7 Å². The summed E-state index contributed by atoms with van der Waals surface area (Å²) in [5.74, 6) is -1.81. The first-order valence-electron chi connectivity index (χ1n) is 9.33. The third-order valence-corrected chi connectivity index (χ3v) is 5.28. The Hall–Kier alpha value is -2.70. The summed E-state index contributed by atoms with van der Waals surface area (Å²) in [5, 5.41) is 2.94. The first-order chi connectivity index (χ1) is 12.9. The van der Waals surface area contributed by atoms with E-state index in [0.717, 1.165) is 24.2 Å². The molecule has 7 nitrogen and oxygen atoms in total. The second-order valence-electron chi connectivity index (χ2n) is 7.25. The number of carbonyl (C=O) groups is 4. The van der Waals surface area contributed by atoms with E-state index in [1.807, 2.05) is 0 Å². The normalized spacial score (nSPS) is 23.0. The molecule has 1 heterocycles. The van der Waals surface area contributed by atoms with E-state index in [0.29, 0.717) is 5.92 Å². The molecule has 2 aliphatic rings. The van der Waals surface area contributed by atoms with Crippen LogP contribution in [0.3, 0.4) is 0 Å². The van der Waals surface area contributed by atoms with Gasteiger partial charge in [0.05, 0.1) is 11.1 Å². The molecule has 1 saturated carbocycles. The molecule has 0 radical (unpaired) electrons. The van der Waals surface area contributed by atoms with Crippen LogP contribution in [0, 0.1) is 5.92 Å². The van der Waals surface area contributed by atoms with Gasteiger partial charge in [0.25, 0.3) is 17.7 Å². The number of ether oxygens (including phenoxy) is 1. The van der Waals surface area contributed by atoms with Crippen molar-refractivity contribution < 1.29 is 23.9 Å². The SMILES string of the molecule is C[C@H](OC(=O)CN1C(=O)c2ccccc2C1=O)C(=O)N[C@@H]1CCCC[C@H]1C. The molecule has 0 unspecified atom stereocenters. The van der Waals surface area contributed by atoms with E-state index in [9.17, 15) is 19.2 Å². The highest BCUT2D eigenvalue weighted by Gasteiger charge is 2.37. The van der Waals surface area contributed by atoms with Crippen LogP contribution in [0.25, 0.3) is 0 Å². The maximum absolute atomic E-state index is 12.3. The number of imide groups is 1. The number of esters is 1. The van der Waals surface area contributed by atoms with Gasteiger partial charge >= 0.3 is 5.97 Å². The molecule has 0 aromatic heterocycles. The number of amides is 3. The van der Waals surface area contributed by atoms with Gasteiger partial charge in [-0.05, 0) is 37.8 Å². The van der Waals surface area contributed by atoms with Crippen molar-refractivity contribution in [3.8, 4) is 0 Å². The lowest BCUT2D eigenvalue weighted by Gasteiger charge is -2.30. The molecular weight excluding hydrogens is 348 g/mol. The molecule has 144 valence electrons. The first kappa shape index (κ1) is 19.1. The number of rotatable bonds is 5. The summed E-state index contributed by atoms with van der Waals surface area (Å²) in [6.07, 6.45) is 3.24. The first-order valence-corrected chi connectivity index (χ1v) is 9.33. The van der Waals surface area contributed by atoms with Gasteiger partial charge in [-0.15, -0.1) is 0 Å². The van der Waals surface area contributed by atoms with Crippen LogP contribution in [-0.4, -0.2) is 47.3 Å². The fourth-order valence-corrected chi connectivity index (χ4v) is 3.63. The zero-order chi connectivity index (χ0) is 19.6. The molecule has 3 atom stereocenters. The van der Waals surface area contributed by atoms with Crippen LogP contribution in [0.4, 0.5) is 0 Å². The van der Waals surface area contributed by atoms with Crippen molar-refractivity contribution in [3.05, 3.63) is 35.4 Å². The van der Waals surface area contributed by atoms with Crippen LogP contribution in [0.15, 0.2) is 24.3 Å². The Morgan fingerprint density at radius 3 is 2.33 bits per heavy atom. The van der Waals surface area contributed by atoms with E-state index >= 15 is 0 Å². The van der Waals surface area contributed by atoms with Gasteiger partial charge in [0.1, 0.15) is 6.54 Å². The molecule has 27 heavy (non-hydrogen) atoms. The zero-order valence-corrected chi connectivity index (χ0v) is 15.6. The lowest BCUT2D eigenvalue weighted by Crippen LogP contribution is -2.46. The van der Waals surface area contributed by atoms with Gasteiger partial charge in [0.2, 0.25) is 0 Å². The topological polar surface area (TPSA) is 92.8 Å². The minimum atomic E-state index is -0.984. The van der Waals surface area contributed by atoms with Crippen LogP contribution >= 0.6 is 0 Å². The lowest BCUT2D eigenvalue weighted by molar-refractivity contribution is -0.155. The molecule has 7 heteroatoms. The average Bonchev–Trinajstić information content (AvgIpc) is 2.89. The molecule has 1 N–H and O–H groups in total. The Morgan fingerprint density at radius 1 is 1.15 bits per heavy atom. The predicted octanol–water partition coefficient (Wildman–Crippen LogP) is 1.91. The molecule has 1 aliphatic heterocycles. The molecule has 0 spiro atoms. The Labute approximate surface area is 158 Å². The second kappa shape index (κ2) is 7.90. The summed E-state index contributed by atoms with van der Waals surface area (Å²) in [6, 6.07) is 6.49. The van der Waals surface area contributed by atoms with E-state index in [2.05, 4.69) is 12.2 Å². The quantitative estimate of drug-likeness (QED) is 0.630. The second-order valence-corrected chi connectivity index (χ2v) is 7.25. The van der Waals surface area contributed by atoms with Gasteiger partial charge in [-0.25, -0.2) is 0 Å². The highest BCUT2D eigenvalue weighted by atomic mass is 16.5. The summed E-state index contributed by atoms with van der Waals surface area (Å²) in [4.78, 5) is 49.9. The lowest BCUT2D eigenvalue weighted by atomic mass is 9.86. The van der Waals surface area contributed by atoms with E-state index < -0.39 is 30.4 Å². The number of nitrogens with zero attached hydrogens (tertiary/aromatic N) is 1. The summed E-state index contributed by atoms with van der Waals surface area (Å²) < 4.78 is 5.15. The maximum Gasteiger partial charge on any atom is 0.326 e. The monoisotopic (exact) mass is 372 g/mol. The fourth-order valence-electron chi connectivity index (χ4n) is 3.63. The number of hydrogen-bond acceptors (Lipinski definition) is 5. The van der Waals surface area contributed by atoms with Crippen LogP contribution in [0.5, 0.6) is 0 Å². The predicted molar refractivity (Wildman–Crippen MR) is 96.9 cm³/mol. The Morgan fingerprint density at radius 2 is 1.74 bits per heavy atom. The van der Waals surface area contributed by atoms with Crippen molar-refractivity contribution in [2.24, 2.45) is 5.92 Å². The third-order valence-electron chi connectivity index (χ3n) is 5.28. The van der Waals surface area contributed by atoms with E-state index in [-0.39, 0.29) is 23.1 Å². The number of carbonyl (C=O) groups excluding carboxylic acids is 4. The minimum absolute atomic E-state index is 0.0867. The smallest absolute Gasteiger partial charge is 0.326 e.